The zero-order chi connectivity index (χ0) is 15.2. The molecular formula is C12H14N2O4S3. The maximum absolute atomic E-state index is 12.5. The maximum Gasteiger partial charge on any atom is 0.289 e. The lowest BCUT2D eigenvalue weighted by Crippen LogP contribution is -2.41. The number of carbonyl (C=O) groups is 2. The Morgan fingerprint density at radius 1 is 1.29 bits per heavy atom. The molecule has 114 valence electrons. The Balaban J connectivity index is 1.78. The van der Waals surface area contributed by atoms with E-state index in [0.717, 1.165) is 16.6 Å². The Hall–Kier alpha value is -0.900. The van der Waals surface area contributed by atoms with Gasteiger partial charge in [-0.2, -0.15) is 4.31 Å². The number of hydrogen-bond donors (Lipinski definition) is 0. The molecule has 0 aromatic carbocycles. The summed E-state index contributed by atoms with van der Waals surface area (Å²) in [4.78, 5) is 25.6. The molecule has 2 aliphatic heterocycles. The van der Waals surface area contributed by atoms with Gasteiger partial charge in [0.05, 0.1) is 11.8 Å². The summed E-state index contributed by atoms with van der Waals surface area (Å²) < 4.78 is 26.7. The smallest absolute Gasteiger partial charge is 0.273 e. The van der Waals surface area contributed by atoms with Gasteiger partial charge in [0.1, 0.15) is 4.21 Å². The van der Waals surface area contributed by atoms with E-state index in [0.29, 0.717) is 17.2 Å². The molecular weight excluding hydrogens is 332 g/mol. The molecule has 9 heteroatoms. The van der Waals surface area contributed by atoms with Crippen LogP contribution in [-0.4, -0.2) is 53.7 Å². The van der Waals surface area contributed by atoms with Gasteiger partial charge in [-0.1, -0.05) is 11.8 Å². The fourth-order valence-corrected chi connectivity index (χ4v) is 6.24. The normalized spacial score (nSPS) is 24.2. The van der Waals surface area contributed by atoms with E-state index in [1.807, 2.05) is 6.92 Å². The highest BCUT2D eigenvalue weighted by Crippen LogP contribution is 2.31. The third-order valence-corrected chi connectivity index (χ3v) is 7.75. The van der Waals surface area contributed by atoms with Crippen LogP contribution in [0.2, 0.25) is 0 Å². The van der Waals surface area contributed by atoms with Crippen molar-refractivity contribution in [1.29, 1.82) is 0 Å². The molecule has 2 saturated heterocycles. The van der Waals surface area contributed by atoms with E-state index >= 15 is 0 Å². The first-order valence-corrected chi connectivity index (χ1v) is 9.69. The molecule has 3 rings (SSSR count). The molecule has 0 radical (unpaired) electrons. The number of rotatable bonds is 3. The van der Waals surface area contributed by atoms with Crippen molar-refractivity contribution in [1.82, 2.24) is 9.21 Å². The van der Waals surface area contributed by atoms with Gasteiger partial charge in [0.25, 0.3) is 15.3 Å². The number of hydrogen-bond acceptors (Lipinski definition) is 6. The number of carbonyl (C=O) groups excluding carboxylic acids is 2. The van der Waals surface area contributed by atoms with Crippen molar-refractivity contribution in [2.24, 2.45) is 0 Å². The van der Waals surface area contributed by atoms with Crippen molar-refractivity contribution < 1.29 is 18.0 Å². The summed E-state index contributed by atoms with van der Waals surface area (Å²) in [5.74, 6) is -0.0622. The molecule has 2 aliphatic rings. The van der Waals surface area contributed by atoms with Crippen LogP contribution < -0.4 is 0 Å². The Labute approximate surface area is 131 Å². The van der Waals surface area contributed by atoms with E-state index in [1.165, 1.54) is 20.5 Å². The van der Waals surface area contributed by atoms with Crippen LogP contribution in [0.3, 0.4) is 0 Å². The quantitative estimate of drug-likeness (QED) is 0.829. The number of amides is 2. The molecule has 0 bridgehead atoms. The summed E-state index contributed by atoms with van der Waals surface area (Å²) in [5, 5.41) is -0.267. The van der Waals surface area contributed by atoms with E-state index in [1.54, 1.807) is 12.1 Å². The number of aryl methyl sites for hydroxylation is 1. The highest BCUT2D eigenvalue weighted by molar-refractivity contribution is 8.14. The van der Waals surface area contributed by atoms with Crippen LogP contribution >= 0.6 is 23.1 Å². The Bertz CT molecular complexity index is 681. The Morgan fingerprint density at radius 3 is 2.62 bits per heavy atom. The summed E-state index contributed by atoms with van der Waals surface area (Å²) in [5.41, 5.74) is 0. The predicted octanol–water partition coefficient (Wildman–Crippen LogP) is 1.51. The van der Waals surface area contributed by atoms with Crippen molar-refractivity contribution in [2.45, 2.75) is 23.6 Å². The first-order valence-electron chi connectivity index (χ1n) is 6.45. The minimum atomic E-state index is -3.52. The van der Waals surface area contributed by atoms with Crippen LogP contribution in [0.1, 0.15) is 11.3 Å². The van der Waals surface area contributed by atoms with Gasteiger partial charge in [0.15, 0.2) is 0 Å². The molecule has 2 amide bonds. The van der Waals surface area contributed by atoms with Gasteiger partial charge in [0.2, 0.25) is 5.91 Å². The molecule has 6 nitrogen and oxygen atoms in total. The van der Waals surface area contributed by atoms with Gasteiger partial charge < -0.3 is 0 Å². The van der Waals surface area contributed by atoms with Gasteiger partial charge in [-0.05, 0) is 25.5 Å². The van der Waals surface area contributed by atoms with Crippen LogP contribution in [0.15, 0.2) is 16.3 Å². The summed E-state index contributed by atoms with van der Waals surface area (Å²) in [6.07, 6.45) is 0.502. The second-order valence-electron chi connectivity index (χ2n) is 4.99. The van der Waals surface area contributed by atoms with Gasteiger partial charge in [-0.25, -0.2) is 8.42 Å². The van der Waals surface area contributed by atoms with Crippen LogP contribution in [0.5, 0.6) is 0 Å². The number of nitrogens with zero attached hydrogens (tertiary/aromatic N) is 2. The van der Waals surface area contributed by atoms with E-state index in [4.69, 9.17) is 0 Å². The molecule has 0 saturated carbocycles. The van der Waals surface area contributed by atoms with Crippen molar-refractivity contribution in [2.75, 3.05) is 18.8 Å². The third-order valence-electron chi connectivity index (χ3n) is 3.59. The zero-order valence-corrected chi connectivity index (χ0v) is 13.8. The summed E-state index contributed by atoms with van der Waals surface area (Å²) in [7, 11) is -3.52. The molecule has 1 atom stereocenters. The predicted molar refractivity (Wildman–Crippen MR) is 80.9 cm³/mol. The van der Waals surface area contributed by atoms with Gasteiger partial charge in [0, 0.05) is 18.0 Å². The van der Waals surface area contributed by atoms with Gasteiger partial charge >= 0.3 is 0 Å². The second-order valence-corrected chi connectivity index (χ2v) is 9.37. The molecule has 0 N–H and O–H groups in total. The first-order chi connectivity index (χ1) is 9.89. The zero-order valence-electron chi connectivity index (χ0n) is 11.3. The molecule has 1 aromatic heterocycles. The molecule has 1 aromatic rings. The average Bonchev–Trinajstić information content (AvgIpc) is 3.11. The van der Waals surface area contributed by atoms with E-state index in [2.05, 4.69) is 0 Å². The molecule has 2 fully saturated rings. The monoisotopic (exact) mass is 346 g/mol. The van der Waals surface area contributed by atoms with E-state index < -0.39 is 10.0 Å². The maximum atomic E-state index is 12.5. The fraction of sp³-hybridized carbons (Fsp3) is 0.500. The molecule has 1 unspecified atom stereocenters. The second kappa shape index (κ2) is 5.38. The lowest BCUT2D eigenvalue weighted by Gasteiger charge is -2.21. The number of thioether (sulfide) groups is 1. The average molecular weight is 346 g/mol. The summed E-state index contributed by atoms with van der Waals surface area (Å²) in [6, 6.07) is 3.04. The number of sulfonamides is 1. The highest BCUT2D eigenvalue weighted by Gasteiger charge is 2.42. The lowest BCUT2D eigenvalue weighted by atomic mass is 10.2. The highest BCUT2D eigenvalue weighted by atomic mass is 32.2. The van der Waals surface area contributed by atoms with Crippen molar-refractivity contribution in [3.63, 3.8) is 0 Å². The molecule has 21 heavy (non-hydrogen) atoms. The third kappa shape index (κ3) is 2.63. The fourth-order valence-electron chi connectivity index (χ4n) is 2.53. The molecule has 0 spiro atoms. The standard InChI is InChI=1S/C12H14N2O4S3/c1-8-2-3-11(20-8)21(17,18)13-5-4-9(6-13)14-10(15)7-19-12(14)16/h2-3,9H,4-7H2,1H3. The number of thiophene rings is 1. The topological polar surface area (TPSA) is 74.8 Å². The van der Waals surface area contributed by atoms with Crippen molar-refractivity contribution in [3.8, 4) is 0 Å². The van der Waals surface area contributed by atoms with E-state index in [9.17, 15) is 18.0 Å². The van der Waals surface area contributed by atoms with Crippen molar-refractivity contribution >= 4 is 44.3 Å². The molecule has 3 heterocycles. The number of imide groups is 1. The van der Waals surface area contributed by atoms with Crippen LogP contribution in [0, 0.1) is 6.92 Å². The summed E-state index contributed by atoms with van der Waals surface area (Å²) >= 11 is 2.22. The van der Waals surface area contributed by atoms with Crippen LogP contribution in [0.25, 0.3) is 0 Å². The van der Waals surface area contributed by atoms with Crippen LogP contribution in [-0.2, 0) is 14.8 Å². The molecule has 0 aliphatic carbocycles. The largest absolute Gasteiger partial charge is 0.289 e. The first kappa shape index (κ1) is 15.0. The van der Waals surface area contributed by atoms with E-state index in [-0.39, 0.29) is 29.5 Å². The van der Waals surface area contributed by atoms with Gasteiger partial charge in [-0.3, -0.25) is 14.5 Å². The Morgan fingerprint density at radius 2 is 2.05 bits per heavy atom. The summed E-state index contributed by atoms with van der Waals surface area (Å²) in [6.45, 7) is 2.39. The SMILES string of the molecule is Cc1ccc(S(=O)(=O)N2CCC(N3C(=O)CSC3=O)C2)s1. The minimum Gasteiger partial charge on any atom is -0.273 e. The van der Waals surface area contributed by atoms with Crippen LogP contribution in [0.4, 0.5) is 4.79 Å². The van der Waals surface area contributed by atoms with Gasteiger partial charge in [-0.15, -0.1) is 11.3 Å². The minimum absolute atomic E-state index is 0.159. The van der Waals surface area contributed by atoms with Crippen molar-refractivity contribution in [3.05, 3.63) is 17.0 Å². The lowest BCUT2D eigenvalue weighted by molar-refractivity contribution is -0.126. The Kier molecular flexibility index (Phi) is 3.85.